The molecule has 0 atom stereocenters. The molecule has 0 bridgehead atoms. The largest absolute Gasteiger partial charge is 0.508 e. The smallest absolute Gasteiger partial charge is 0.434 e. The maximum atomic E-state index is 10.9. The fraction of sp³-hybridized carbons (Fsp3) is 0.727. The number of rotatable bonds is 7. The van der Waals surface area contributed by atoms with E-state index in [1.165, 1.54) is 0 Å². The van der Waals surface area contributed by atoms with Crippen LogP contribution in [0.2, 0.25) is 0 Å². The van der Waals surface area contributed by atoms with Gasteiger partial charge in [-0.3, -0.25) is 0 Å². The summed E-state index contributed by atoms with van der Waals surface area (Å²) in [6, 6.07) is 0. The fourth-order valence-corrected chi connectivity index (χ4v) is 0.914. The van der Waals surface area contributed by atoms with Crippen LogP contribution >= 0.6 is 0 Å². The zero-order valence-corrected chi connectivity index (χ0v) is 9.12. The molecular weight excluding hydrogens is 180 g/mol. The monoisotopic (exact) mass is 200 g/mol. The SMILES string of the molecule is C=CCCOC(=O)OCCCC(C)C. The number of hydrogen-bond acceptors (Lipinski definition) is 3. The van der Waals surface area contributed by atoms with Gasteiger partial charge in [-0.05, 0) is 25.2 Å². The molecule has 0 aromatic rings. The quantitative estimate of drug-likeness (QED) is 0.360. The molecule has 3 nitrogen and oxygen atoms in total. The van der Waals surface area contributed by atoms with Crippen molar-refractivity contribution in [1.82, 2.24) is 0 Å². The highest BCUT2D eigenvalue weighted by Crippen LogP contribution is 2.03. The van der Waals surface area contributed by atoms with E-state index in [4.69, 9.17) is 9.47 Å². The molecule has 0 rings (SSSR count). The van der Waals surface area contributed by atoms with Crippen LogP contribution in [0.3, 0.4) is 0 Å². The van der Waals surface area contributed by atoms with E-state index in [1.807, 2.05) is 0 Å². The van der Waals surface area contributed by atoms with Gasteiger partial charge in [-0.2, -0.15) is 0 Å². The summed E-state index contributed by atoms with van der Waals surface area (Å²) in [5.74, 6) is 0.649. The minimum absolute atomic E-state index is 0.354. The summed E-state index contributed by atoms with van der Waals surface area (Å²) in [4.78, 5) is 10.9. The molecule has 0 aromatic heterocycles. The van der Waals surface area contributed by atoms with Crippen LogP contribution in [0.4, 0.5) is 4.79 Å². The lowest BCUT2D eigenvalue weighted by molar-refractivity contribution is 0.0548. The number of ether oxygens (including phenoxy) is 2. The summed E-state index contributed by atoms with van der Waals surface area (Å²) < 4.78 is 9.60. The Morgan fingerprint density at radius 2 is 2.00 bits per heavy atom. The third kappa shape index (κ3) is 9.10. The second-order valence-corrected chi connectivity index (χ2v) is 3.56. The van der Waals surface area contributed by atoms with Gasteiger partial charge in [0.1, 0.15) is 0 Å². The molecular formula is C11H20O3. The molecule has 0 aliphatic rings. The maximum Gasteiger partial charge on any atom is 0.508 e. The van der Waals surface area contributed by atoms with Crippen molar-refractivity contribution in [2.75, 3.05) is 13.2 Å². The number of carbonyl (C=O) groups is 1. The summed E-state index contributed by atoms with van der Waals surface area (Å²) >= 11 is 0. The van der Waals surface area contributed by atoms with Gasteiger partial charge in [0, 0.05) is 0 Å². The van der Waals surface area contributed by atoms with Gasteiger partial charge in [0.2, 0.25) is 0 Å². The highest BCUT2D eigenvalue weighted by Gasteiger charge is 2.02. The summed E-state index contributed by atoms with van der Waals surface area (Å²) in [6.07, 6.45) is 3.76. The molecule has 0 radical (unpaired) electrons. The molecule has 0 aromatic carbocycles. The van der Waals surface area contributed by atoms with E-state index in [2.05, 4.69) is 20.4 Å². The lowest BCUT2D eigenvalue weighted by Crippen LogP contribution is -2.09. The van der Waals surface area contributed by atoms with Crippen LogP contribution in [0.5, 0.6) is 0 Å². The Balaban J connectivity index is 3.22. The molecule has 0 amide bonds. The van der Waals surface area contributed by atoms with Crippen LogP contribution in [0, 0.1) is 5.92 Å². The van der Waals surface area contributed by atoms with Crippen molar-refractivity contribution in [1.29, 1.82) is 0 Å². The van der Waals surface area contributed by atoms with Crippen LogP contribution in [0.1, 0.15) is 33.1 Å². The second-order valence-electron chi connectivity index (χ2n) is 3.56. The fourth-order valence-electron chi connectivity index (χ4n) is 0.914. The van der Waals surface area contributed by atoms with Gasteiger partial charge >= 0.3 is 6.16 Å². The third-order valence-electron chi connectivity index (χ3n) is 1.69. The Hall–Kier alpha value is -0.990. The van der Waals surface area contributed by atoms with Crippen LogP contribution in [-0.2, 0) is 9.47 Å². The van der Waals surface area contributed by atoms with Gasteiger partial charge < -0.3 is 9.47 Å². The normalized spacial score (nSPS) is 9.93. The van der Waals surface area contributed by atoms with E-state index >= 15 is 0 Å². The minimum Gasteiger partial charge on any atom is -0.434 e. The van der Waals surface area contributed by atoms with Crippen molar-refractivity contribution >= 4 is 6.16 Å². The molecule has 0 fully saturated rings. The van der Waals surface area contributed by atoms with Crippen molar-refractivity contribution < 1.29 is 14.3 Å². The van der Waals surface area contributed by atoms with Crippen molar-refractivity contribution in [3.05, 3.63) is 12.7 Å². The molecule has 0 saturated carbocycles. The Morgan fingerprint density at radius 3 is 2.57 bits per heavy atom. The van der Waals surface area contributed by atoms with E-state index in [-0.39, 0.29) is 0 Å². The second kappa shape index (κ2) is 8.60. The van der Waals surface area contributed by atoms with Gasteiger partial charge in [0.05, 0.1) is 13.2 Å². The molecule has 0 heterocycles. The van der Waals surface area contributed by atoms with Crippen LogP contribution in [0.25, 0.3) is 0 Å². The van der Waals surface area contributed by atoms with E-state index in [0.29, 0.717) is 25.6 Å². The summed E-state index contributed by atoms with van der Waals surface area (Å²) in [7, 11) is 0. The third-order valence-corrected chi connectivity index (χ3v) is 1.69. The molecule has 0 spiro atoms. The highest BCUT2D eigenvalue weighted by atomic mass is 16.7. The summed E-state index contributed by atoms with van der Waals surface area (Å²) in [5.41, 5.74) is 0. The van der Waals surface area contributed by atoms with Crippen molar-refractivity contribution in [3.63, 3.8) is 0 Å². The molecule has 0 aliphatic carbocycles. The van der Waals surface area contributed by atoms with Gasteiger partial charge in [0.25, 0.3) is 0 Å². The Morgan fingerprint density at radius 1 is 1.36 bits per heavy atom. The van der Waals surface area contributed by atoms with E-state index in [9.17, 15) is 4.79 Å². The topological polar surface area (TPSA) is 35.5 Å². The van der Waals surface area contributed by atoms with Gasteiger partial charge in [-0.1, -0.05) is 19.9 Å². The standard InChI is InChI=1S/C11H20O3/c1-4-5-8-13-11(12)14-9-6-7-10(2)3/h4,10H,1,5-9H2,2-3H3. The minimum atomic E-state index is -0.574. The molecule has 0 unspecified atom stereocenters. The summed E-state index contributed by atoms with van der Waals surface area (Å²) in [5, 5.41) is 0. The Bertz CT molecular complexity index is 164. The number of carbonyl (C=O) groups excluding carboxylic acids is 1. The van der Waals surface area contributed by atoms with E-state index < -0.39 is 6.16 Å². The van der Waals surface area contributed by atoms with Crippen LogP contribution in [-0.4, -0.2) is 19.4 Å². The molecule has 0 saturated heterocycles. The molecule has 0 N–H and O–H groups in total. The number of hydrogen-bond donors (Lipinski definition) is 0. The Kier molecular flexibility index (Phi) is 7.99. The first-order valence-electron chi connectivity index (χ1n) is 5.07. The molecule has 82 valence electrons. The predicted molar refractivity (Wildman–Crippen MR) is 56.2 cm³/mol. The van der Waals surface area contributed by atoms with Crippen LogP contribution in [0.15, 0.2) is 12.7 Å². The molecule has 0 aliphatic heterocycles. The van der Waals surface area contributed by atoms with E-state index in [0.717, 1.165) is 12.8 Å². The maximum absolute atomic E-state index is 10.9. The first kappa shape index (κ1) is 13.0. The van der Waals surface area contributed by atoms with Gasteiger partial charge in [0.15, 0.2) is 0 Å². The summed E-state index contributed by atoms with van der Waals surface area (Å²) in [6.45, 7) is 8.61. The molecule has 14 heavy (non-hydrogen) atoms. The zero-order chi connectivity index (χ0) is 10.8. The first-order chi connectivity index (χ1) is 6.66. The average Bonchev–Trinajstić information content (AvgIpc) is 2.13. The van der Waals surface area contributed by atoms with Crippen molar-refractivity contribution in [2.45, 2.75) is 33.1 Å². The lowest BCUT2D eigenvalue weighted by Gasteiger charge is -2.06. The predicted octanol–water partition coefficient (Wildman–Crippen LogP) is 3.15. The van der Waals surface area contributed by atoms with Gasteiger partial charge in [-0.25, -0.2) is 4.79 Å². The van der Waals surface area contributed by atoms with Gasteiger partial charge in [-0.15, -0.1) is 6.58 Å². The highest BCUT2D eigenvalue weighted by molar-refractivity contribution is 5.59. The van der Waals surface area contributed by atoms with E-state index in [1.54, 1.807) is 6.08 Å². The first-order valence-corrected chi connectivity index (χ1v) is 5.07. The van der Waals surface area contributed by atoms with Crippen molar-refractivity contribution in [3.8, 4) is 0 Å². The zero-order valence-electron chi connectivity index (χ0n) is 9.12. The lowest BCUT2D eigenvalue weighted by atomic mass is 10.1. The van der Waals surface area contributed by atoms with Crippen molar-refractivity contribution in [2.24, 2.45) is 5.92 Å². The molecule has 3 heteroatoms. The Labute approximate surface area is 86.1 Å². The average molecular weight is 200 g/mol. The van der Waals surface area contributed by atoms with Crippen LogP contribution < -0.4 is 0 Å².